The molecule has 72 valence electrons. The predicted octanol–water partition coefficient (Wildman–Crippen LogP) is 2.29. The van der Waals surface area contributed by atoms with Crippen LogP contribution < -0.4 is 10.1 Å². The Morgan fingerprint density at radius 2 is 2.14 bits per heavy atom. The first-order valence-corrected chi connectivity index (χ1v) is 4.46. The lowest BCUT2D eigenvalue weighted by molar-refractivity contribution is 0.420. The largest absolute Gasteiger partial charge is 0.496 e. The van der Waals surface area contributed by atoms with Gasteiger partial charge in [-0.3, -0.25) is 4.98 Å². The molecule has 0 amide bonds. The summed E-state index contributed by atoms with van der Waals surface area (Å²) in [6, 6.07) is 7.82. The van der Waals surface area contributed by atoms with E-state index in [1.165, 1.54) is 0 Å². The van der Waals surface area contributed by atoms with Crippen molar-refractivity contribution >= 4 is 16.6 Å². The number of anilines is 1. The van der Waals surface area contributed by atoms with Crippen LogP contribution in [-0.4, -0.2) is 19.1 Å². The number of hydrogen-bond acceptors (Lipinski definition) is 3. The van der Waals surface area contributed by atoms with E-state index in [1.807, 2.05) is 31.3 Å². The summed E-state index contributed by atoms with van der Waals surface area (Å²) in [5.74, 6) is 0.854. The maximum Gasteiger partial charge on any atom is 0.128 e. The number of hydrogen-bond donors (Lipinski definition) is 1. The summed E-state index contributed by atoms with van der Waals surface area (Å²) in [7, 11) is 3.55. The Hall–Kier alpha value is -1.77. The highest BCUT2D eigenvalue weighted by molar-refractivity contribution is 5.94. The summed E-state index contributed by atoms with van der Waals surface area (Å²) in [5, 5.41) is 4.13. The zero-order valence-corrected chi connectivity index (χ0v) is 8.24. The Balaban J connectivity index is 2.78. The van der Waals surface area contributed by atoms with Gasteiger partial charge in [0.15, 0.2) is 0 Å². The third-order valence-electron chi connectivity index (χ3n) is 2.22. The molecule has 0 bridgehead atoms. The van der Waals surface area contributed by atoms with Crippen molar-refractivity contribution in [3.8, 4) is 5.75 Å². The van der Waals surface area contributed by atoms with E-state index in [9.17, 15) is 0 Å². The second-order valence-corrected chi connectivity index (χ2v) is 2.96. The van der Waals surface area contributed by atoms with E-state index in [0.717, 1.165) is 22.3 Å². The normalized spacial score (nSPS) is 10.1. The molecule has 0 atom stereocenters. The van der Waals surface area contributed by atoms with E-state index in [2.05, 4.69) is 10.3 Å². The Morgan fingerprint density at radius 1 is 1.29 bits per heavy atom. The van der Waals surface area contributed by atoms with Gasteiger partial charge in [-0.25, -0.2) is 0 Å². The summed E-state index contributed by atoms with van der Waals surface area (Å²) < 4.78 is 5.26. The molecule has 0 saturated carbocycles. The van der Waals surface area contributed by atoms with Crippen LogP contribution in [0.2, 0.25) is 0 Å². The van der Waals surface area contributed by atoms with Gasteiger partial charge in [-0.2, -0.15) is 0 Å². The molecule has 0 aliphatic rings. The summed E-state index contributed by atoms with van der Waals surface area (Å²) >= 11 is 0. The Labute approximate surface area is 82.7 Å². The number of aromatic nitrogens is 1. The van der Waals surface area contributed by atoms with Crippen molar-refractivity contribution < 1.29 is 4.74 Å². The Bertz CT molecular complexity index is 411. The molecule has 0 radical (unpaired) electrons. The fourth-order valence-corrected chi connectivity index (χ4v) is 1.53. The monoisotopic (exact) mass is 188 g/mol. The lowest BCUT2D eigenvalue weighted by Crippen LogP contribution is -1.93. The van der Waals surface area contributed by atoms with Gasteiger partial charge < -0.3 is 10.1 Å². The van der Waals surface area contributed by atoms with Gasteiger partial charge in [0.25, 0.3) is 0 Å². The molecule has 2 rings (SSSR count). The standard InChI is InChI=1S/C11H12N2O/c1-12-9-5-6-10(14-2)8-4-3-7-13-11(8)9/h3-7,12H,1-2H3. The van der Waals surface area contributed by atoms with Crippen LogP contribution in [0, 0.1) is 0 Å². The second-order valence-electron chi connectivity index (χ2n) is 2.96. The zero-order chi connectivity index (χ0) is 9.97. The number of pyridine rings is 1. The van der Waals surface area contributed by atoms with Gasteiger partial charge in [-0.05, 0) is 24.3 Å². The molecule has 0 saturated heterocycles. The van der Waals surface area contributed by atoms with Crippen LogP contribution in [0.3, 0.4) is 0 Å². The molecule has 1 aromatic carbocycles. The van der Waals surface area contributed by atoms with Crippen molar-refractivity contribution in [1.82, 2.24) is 4.98 Å². The number of benzene rings is 1. The van der Waals surface area contributed by atoms with Crippen LogP contribution in [0.1, 0.15) is 0 Å². The Kier molecular flexibility index (Phi) is 2.23. The molecule has 3 nitrogen and oxygen atoms in total. The van der Waals surface area contributed by atoms with E-state index in [-0.39, 0.29) is 0 Å². The van der Waals surface area contributed by atoms with Gasteiger partial charge in [0.05, 0.1) is 18.3 Å². The predicted molar refractivity (Wildman–Crippen MR) is 57.8 cm³/mol. The highest BCUT2D eigenvalue weighted by Gasteiger charge is 2.04. The first-order chi connectivity index (χ1) is 6.86. The maximum atomic E-state index is 5.26. The minimum Gasteiger partial charge on any atom is -0.496 e. The molecular formula is C11H12N2O. The first kappa shape index (κ1) is 8.81. The van der Waals surface area contributed by atoms with Crippen molar-refractivity contribution in [2.24, 2.45) is 0 Å². The average Bonchev–Trinajstić information content (AvgIpc) is 2.27. The Morgan fingerprint density at radius 3 is 2.86 bits per heavy atom. The fourth-order valence-electron chi connectivity index (χ4n) is 1.53. The van der Waals surface area contributed by atoms with Gasteiger partial charge in [0.2, 0.25) is 0 Å². The van der Waals surface area contributed by atoms with Crippen LogP contribution in [0.4, 0.5) is 5.69 Å². The molecular weight excluding hydrogens is 176 g/mol. The lowest BCUT2D eigenvalue weighted by atomic mass is 10.1. The number of rotatable bonds is 2. The third-order valence-corrected chi connectivity index (χ3v) is 2.22. The van der Waals surface area contributed by atoms with E-state index in [4.69, 9.17) is 4.74 Å². The minimum absolute atomic E-state index is 0.854. The van der Waals surface area contributed by atoms with Gasteiger partial charge in [-0.15, -0.1) is 0 Å². The quantitative estimate of drug-likeness (QED) is 0.785. The summed E-state index contributed by atoms with van der Waals surface area (Å²) in [5.41, 5.74) is 1.95. The number of fused-ring (bicyclic) bond motifs is 1. The number of ether oxygens (including phenoxy) is 1. The van der Waals surface area contributed by atoms with Crippen LogP contribution in [0.25, 0.3) is 10.9 Å². The molecule has 3 heteroatoms. The minimum atomic E-state index is 0.854. The highest BCUT2D eigenvalue weighted by Crippen LogP contribution is 2.29. The molecule has 1 N–H and O–H groups in total. The van der Waals surface area contributed by atoms with E-state index in [0.29, 0.717) is 0 Å². The van der Waals surface area contributed by atoms with Crippen LogP contribution in [0.5, 0.6) is 5.75 Å². The SMILES string of the molecule is CNc1ccc(OC)c2cccnc12. The zero-order valence-electron chi connectivity index (χ0n) is 8.24. The van der Waals surface area contributed by atoms with Gasteiger partial charge in [0.1, 0.15) is 5.75 Å². The summed E-state index contributed by atoms with van der Waals surface area (Å²) in [6.45, 7) is 0. The molecule has 0 fully saturated rings. The summed E-state index contributed by atoms with van der Waals surface area (Å²) in [4.78, 5) is 4.32. The van der Waals surface area contributed by atoms with Crippen molar-refractivity contribution in [3.05, 3.63) is 30.5 Å². The molecule has 1 aromatic heterocycles. The smallest absolute Gasteiger partial charge is 0.128 e. The number of nitrogens with one attached hydrogen (secondary N) is 1. The number of nitrogens with zero attached hydrogens (tertiary/aromatic N) is 1. The van der Waals surface area contributed by atoms with Crippen molar-refractivity contribution in [1.29, 1.82) is 0 Å². The van der Waals surface area contributed by atoms with Gasteiger partial charge >= 0.3 is 0 Å². The average molecular weight is 188 g/mol. The molecule has 0 aliphatic carbocycles. The van der Waals surface area contributed by atoms with Crippen LogP contribution in [0.15, 0.2) is 30.5 Å². The van der Waals surface area contributed by atoms with E-state index >= 15 is 0 Å². The molecule has 0 unspecified atom stereocenters. The van der Waals surface area contributed by atoms with E-state index in [1.54, 1.807) is 13.3 Å². The first-order valence-electron chi connectivity index (χ1n) is 4.46. The van der Waals surface area contributed by atoms with Crippen molar-refractivity contribution in [3.63, 3.8) is 0 Å². The molecule has 1 heterocycles. The van der Waals surface area contributed by atoms with Crippen molar-refractivity contribution in [2.45, 2.75) is 0 Å². The second kappa shape index (κ2) is 3.54. The van der Waals surface area contributed by atoms with Crippen LogP contribution >= 0.6 is 0 Å². The maximum absolute atomic E-state index is 5.26. The van der Waals surface area contributed by atoms with Crippen molar-refractivity contribution in [2.75, 3.05) is 19.5 Å². The van der Waals surface area contributed by atoms with Gasteiger partial charge in [-0.1, -0.05) is 0 Å². The highest BCUT2D eigenvalue weighted by atomic mass is 16.5. The lowest BCUT2D eigenvalue weighted by Gasteiger charge is -2.08. The van der Waals surface area contributed by atoms with Gasteiger partial charge in [0, 0.05) is 18.6 Å². The van der Waals surface area contributed by atoms with Crippen LogP contribution in [-0.2, 0) is 0 Å². The molecule has 0 spiro atoms. The molecule has 2 aromatic rings. The fraction of sp³-hybridized carbons (Fsp3) is 0.182. The molecule has 0 aliphatic heterocycles. The molecule has 14 heavy (non-hydrogen) atoms. The third kappa shape index (κ3) is 1.27. The topological polar surface area (TPSA) is 34.1 Å². The number of methoxy groups -OCH3 is 1. The summed E-state index contributed by atoms with van der Waals surface area (Å²) in [6.07, 6.45) is 1.78. The van der Waals surface area contributed by atoms with E-state index < -0.39 is 0 Å².